The van der Waals surface area contributed by atoms with Crippen LogP contribution in [-0.2, 0) is 6.54 Å². The van der Waals surface area contributed by atoms with Crippen molar-refractivity contribution in [2.45, 2.75) is 19.5 Å². The van der Waals surface area contributed by atoms with Gasteiger partial charge in [0.1, 0.15) is 5.82 Å². The van der Waals surface area contributed by atoms with Crippen molar-refractivity contribution in [2.75, 3.05) is 0 Å². The number of nitrogens with one attached hydrogen (secondary N) is 1. The van der Waals surface area contributed by atoms with Gasteiger partial charge in [0.25, 0.3) is 0 Å². The van der Waals surface area contributed by atoms with Gasteiger partial charge in [-0.25, -0.2) is 4.39 Å². The Morgan fingerprint density at radius 2 is 1.86 bits per heavy atom. The summed E-state index contributed by atoms with van der Waals surface area (Å²) >= 11 is 0. The molecule has 2 nitrogen and oxygen atoms in total. The molecule has 1 aromatic heterocycles. The monoisotopic (exact) mass is 280 g/mol. The molecule has 0 spiro atoms. The molecule has 0 radical (unpaired) electrons. The smallest absolute Gasteiger partial charge is 0.141 e. The van der Waals surface area contributed by atoms with Crippen molar-refractivity contribution in [1.82, 2.24) is 10.3 Å². The summed E-state index contributed by atoms with van der Waals surface area (Å²) in [5.74, 6) is -0.306. The number of aromatic nitrogens is 1. The molecule has 0 amide bonds. The molecular formula is C18H17FN2. The zero-order valence-corrected chi connectivity index (χ0v) is 11.9. The lowest BCUT2D eigenvalue weighted by Crippen LogP contribution is -2.19. The SMILES string of the molecule is CC(NCc1cccc2ccccc12)c1ccc(F)cn1. The van der Waals surface area contributed by atoms with Crippen LogP contribution in [0.2, 0.25) is 0 Å². The summed E-state index contributed by atoms with van der Waals surface area (Å²) in [4.78, 5) is 4.12. The molecule has 0 fully saturated rings. The van der Waals surface area contributed by atoms with Crippen LogP contribution in [-0.4, -0.2) is 4.98 Å². The van der Waals surface area contributed by atoms with Gasteiger partial charge in [0.2, 0.25) is 0 Å². The van der Waals surface area contributed by atoms with Crippen molar-refractivity contribution in [3.63, 3.8) is 0 Å². The molecule has 3 aromatic rings. The topological polar surface area (TPSA) is 24.9 Å². The van der Waals surface area contributed by atoms with Gasteiger partial charge in [-0.2, -0.15) is 0 Å². The molecule has 0 aliphatic heterocycles. The summed E-state index contributed by atoms with van der Waals surface area (Å²) in [6, 6.07) is 17.9. The average Bonchev–Trinajstić information content (AvgIpc) is 2.53. The predicted molar refractivity (Wildman–Crippen MR) is 83.4 cm³/mol. The largest absolute Gasteiger partial charge is 0.305 e. The van der Waals surface area contributed by atoms with Crippen LogP contribution in [0.1, 0.15) is 24.2 Å². The van der Waals surface area contributed by atoms with Crippen LogP contribution in [0, 0.1) is 5.82 Å². The van der Waals surface area contributed by atoms with Gasteiger partial charge in [-0.3, -0.25) is 4.98 Å². The van der Waals surface area contributed by atoms with E-state index in [4.69, 9.17) is 0 Å². The van der Waals surface area contributed by atoms with Crippen LogP contribution in [0.4, 0.5) is 4.39 Å². The number of benzene rings is 2. The molecule has 1 N–H and O–H groups in total. The predicted octanol–water partition coefficient (Wildman–Crippen LogP) is 4.22. The number of pyridine rings is 1. The molecule has 0 aliphatic carbocycles. The Morgan fingerprint density at radius 3 is 2.67 bits per heavy atom. The lowest BCUT2D eigenvalue weighted by Gasteiger charge is -2.14. The van der Waals surface area contributed by atoms with Gasteiger partial charge in [-0.05, 0) is 35.4 Å². The molecule has 3 rings (SSSR count). The van der Waals surface area contributed by atoms with Crippen molar-refractivity contribution in [3.05, 3.63) is 77.9 Å². The van der Waals surface area contributed by atoms with Gasteiger partial charge < -0.3 is 5.32 Å². The maximum atomic E-state index is 12.9. The van der Waals surface area contributed by atoms with Gasteiger partial charge in [0.05, 0.1) is 11.9 Å². The minimum atomic E-state index is -0.306. The van der Waals surface area contributed by atoms with E-state index in [2.05, 4.69) is 46.7 Å². The molecule has 0 aliphatic rings. The first-order chi connectivity index (χ1) is 10.2. The first-order valence-corrected chi connectivity index (χ1v) is 7.05. The summed E-state index contributed by atoms with van der Waals surface area (Å²) in [6.07, 6.45) is 1.26. The zero-order valence-electron chi connectivity index (χ0n) is 11.9. The number of hydrogen-bond acceptors (Lipinski definition) is 2. The van der Waals surface area contributed by atoms with Crippen LogP contribution in [0.15, 0.2) is 60.8 Å². The first kappa shape index (κ1) is 13.7. The molecule has 1 heterocycles. The van der Waals surface area contributed by atoms with Crippen LogP contribution in [0.3, 0.4) is 0 Å². The highest BCUT2D eigenvalue weighted by molar-refractivity contribution is 5.85. The zero-order chi connectivity index (χ0) is 14.7. The van der Waals surface area contributed by atoms with Crippen LogP contribution < -0.4 is 5.32 Å². The van der Waals surface area contributed by atoms with Crippen molar-refractivity contribution in [2.24, 2.45) is 0 Å². The fourth-order valence-electron chi connectivity index (χ4n) is 2.46. The van der Waals surface area contributed by atoms with Crippen LogP contribution in [0.5, 0.6) is 0 Å². The highest BCUT2D eigenvalue weighted by atomic mass is 19.1. The molecule has 0 saturated heterocycles. The quantitative estimate of drug-likeness (QED) is 0.773. The number of hydrogen-bond donors (Lipinski definition) is 1. The normalized spacial score (nSPS) is 12.5. The minimum absolute atomic E-state index is 0.0737. The molecule has 0 saturated carbocycles. The summed E-state index contributed by atoms with van der Waals surface area (Å²) in [5, 5.41) is 5.94. The average molecular weight is 280 g/mol. The van der Waals surface area contributed by atoms with E-state index in [-0.39, 0.29) is 11.9 Å². The molecular weight excluding hydrogens is 263 g/mol. The number of rotatable bonds is 4. The minimum Gasteiger partial charge on any atom is -0.305 e. The molecule has 21 heavy (non-hydrogen) atoms. The number of fused-ring (bicyclic) bond motifs is 1. The Hall–Kier alpha value is -2.26. The van der Waals surface area contributed by atoms with Gasteiger partial charge in [0, 0.05) is 12.6 Å². The Kier molecular flexibility index (Phi) is 3.93. The molecule has 0 bridgehead atoms. The van der Waals surface area contributed by atoms with E-state index in [1.165, 1.54) is 28.6 Å². The van der Waals surface area contributed by atoms with Crippen molar-refractivity contribution in [1.29, 1.82) is 0 Å². The standard InChI is InChI=1S/C18H17FN2/c1-13(18-10-9-16(19)12-21-18)20-11-15-7-4-6-14-5-2-3-8-17(14)15/h2-10,12-13,20H,11H2,1H3. The third kappa shape index (κ3) is 3.09. The van der Waals surface area contributed by atoms with Gasteiger partial charge in [-0.1, -0.05) is 42.5 Å². The molecule has 106 valence electrons. The van der Waals surface area contributed by atoms with E-state index in [0.717, 1.165) is 12.2 Å². The Labute approximate surface area is 123 Å². The van der Waals surface area contributed by atoms with E-state index in [1.807, 2.05) is 13.0 Å². The molecule has 2 aromatic carbocycles. The Balaban J connectivity index is 1.76. The van der Waals surface area contributed by atoms with Crippen LogP contribution >= 0.6 is 0 Å². The molecule has 3 heteroatoms. The second-order valence-corrected chi connectivity index (χ2v) is 5.14. The summed E-state index contributed by atoms with van der Waals surface area (Å²) in [6.45, 7) is 2.78. The fourth-order valence-corrected chi connectivity index (χ4v) is 2.46. The van der Waals surface area contributed by atoms with Crippen molar-refractivity contribution in [3.8, 4) is 0 Å². The third-order valence-electron chi connectivity index (χ3n) is 3.67. The summed E-state index contributed by atoms with van der Waals surface area (Å²) in [5.41, 5.74) is 2.10. The lowest BCUT2D eigenvalue weighted by atomic mass is 10.0. The maximum absolute atomic E-state index is 12.9. The van der Waals surface area contributed by atoms with E-state index >= 15 is 0 Å². The third-order valence-corrected chi connectivity index (χ3v) is 3.67. The van der Waals surface area contributed by atoms with Crippen LogP contribution in [0.25, 0.3) is 10.8 Å². The highest BCUT2D eigenvalue weighted by Gasteiger charge is 2.07. The first-order valence-electron chi connectivity index (χ1n) is 7.05. The lowest BCUT2D eigenvalue weighted by molar-refractivity contribution is 0.556. The highest BCUT2D eigenvalue weighted by Crippen LogP contribution is 2.19. The Morgan fingerprint density at radius 1 is 1.05 bits per heavy atom. The molecule has 1 unspecified atom stereocenters. The second-order valence-electron chi connectivity index (χ2n) is 5.14. The van der Waals surface area contributed by atoms with Crippen molar-refractivity contribution >= 4 is 10.8 Å². The summed E-state index contributed by atoms with van der Waals surface area (Å²) < 4.78 is 12.9. The van der Waals surface area contributed by atoms with Gasteiger partial charge in [0.15, 0.2) is 0 Å². The molecule has 1 atom stereocenters. The van der Waals surface area contributed by atoms with E-state index in [0.29, 0.717) is 0 Å². The van der Waals surface area contributed by atoms with E-state index in [9.17, 15) is 4.39 Å². The Bertz CT molecular complexity index is 732. The maximum Gasteiger partial charge on any atom is 0.141 e. The number of nitrogens with zero attached hydrogens (tertiary/aromatic N) is 1. The summed E-state index contributed by atoms with van der Waals surface area (Å²) in [7, 11) is 0. The van der Waals surface area contributed by atoms with Gasteiger partial charge >= 0.3 is 0 Å². The fraction of sp³-hybridized carbons (Fsp3) is 0.167. The number of halogens is 1. The van der Waals surface area contributed by atoms with E-state index in [1.54, 1.807) is 6.07 Å². The van der Waals surface area contributed by atoms with Gasteiger partial charge in [-0.15, -0.1) is 0 Å². The van der Waals surface area contributed by atoms with Crippen molar-refractivity contribution < 1.29 is 4.39 Å². The second kappa shape index (κ2) is 6.02. The van der Waals surface area contributed by atoms with E-state index < -0.39 is 0 Å².